The van der Waals surface area contributed by atoms with Crippen LogP contribution in [0.4, 0.5) is 5.69 Å². The molecule has 102 valence electrons. The summed E-state index contributed by atoms with van der Waals surface area (Å²) in [6.45, 7) is 4.93. The van der Waals surface area contributed by atoms with E-state index >= 15 is 0 Å². The minimum absolute atomic E-state index is 0.690. The number of aryl methyl sites for hydroxylation is 2. The van der Waals surface area contributed by atoms with Crippen LogP contribution in [0.15, 0.2) is 42.5 Å². The predicted molar refractivity (Wildman–Crippen MR) is 86.6 cm³/mol. The SMILES string of the molecule is Cc1ccc(NCc2[nH]c3ccccc3c2Cl)cc1C. The molecule has 2 aromatic carbocycles. The Morgan fingerprint density at radius 3 is 2.60 bits per heavy atom. The highest BCUT2D eigenvalue weighted by atomic mass is 35.5. The van der Waals surface area contributed by atoms with Gasteiger partial charge in [-0.05, 0) is 43.2 Å². The minimum Gasteiger partial charge on any atom is -0.379 e. The van der Waals surface area contributed by atoms with E-state index < -0.39 is 0 Å². The quantitative estimate of drug-likeness (QED) is 0.692. The molecule has 2 nitrogen and oxygen atoms in total. The molecule has 0 radical (unpaired) electrons. The third-order valence-corrected chi connectivity index (χ3v) is 4.12. The molecule has 3 heteroatoms. The zero-order valence-electron chi connectivity index (χ0n) is 11.6. The topological polar surface area (TPSA) is 27.8 Å². The van der Waals surface area contributed by atoms with E-state index in [9.17, 15) is 0 Å². The van der Waals surface area contributed by atoms with Crippen LogP contribution < -0.4 is 5.32 Å². The fourth-order valence-corrected chi connectivity index (χ4v) is 2.61. The molecule has 0 atom stereocenters. The number of anilines is 1. The Hall–Kier alpha value is -1.93. The van der Waals surface area contributed by atoms with Crippen molar-refractivity contribution in [3.63, 3.8) is 0 Å². The number of para-hydroxylation sites is 1. The predicted octanol–water partition coefficient (Wildman–Crippen LogP) is 5.05. The maximum absolute atomic E-state index is 6.41. The van der Waals surface area contributed by atoms with Gasteiger partial charge in [0.15, 0.2) is 0 Å². The first-order chi connectivity index (χ1) is 9.65. The molecule has 1 heterocycles. The van der Waals surface area contributed by atoms with Crippen LogP contribution in [0.1, 0.15) is 16.8 Å². The molecule has 0 aliphatic carbocycles. The lowest BCUT2D eigenvalue weighted by atomic mass is 10.1. The van der Waals surface area contributed by atoms with Crippen LogP contribution in [-0.4, -0.2) is 4.98 Å². The Balaban J connectivity index is 1.83. The van der Waals surface area contributed by atoms with Crippen molar-refractivity contribution in [1.29, 1.82) is 0 Å². The lowest BCUT2D eigenvalue weighted by molar-refractivity contribution is 1.08. The van der Waals surface area contributed by atoms with Gasteiger partial charge < -0.3 is 10.3 Å². The first kappa shape index (κ1) is 13.1. The normalized spacial score (nSPS) is 10.9. The lowest BCUT2D eigenvalue weighted by Crippen LogP contribution is -2.00. The fourth-order valence-electron chi connectivity index (χ4n) is 2.33. The Kier molecular flexibility index (Phi) is 3.41. The largest absolute Gasteiger partial charge is 0.379 e. The van der Waals surface area contributed by atoms with Crippen LogP contribution in [0.2, 0.25) is 5.02 Å². The van der Waals surface area contributed by atoms with Crippen LogP contribution in [0.25, 0.3) is 10.9 Å². The number of nitrogens with one attached hydrogen (secondary N) is 2. The summed E-state index contributed by atoms with van der Waals surface area (Å²) in [6.07, 6.45) is 0. The van der Waals surface area contributed by atoms with Crippen molar-refractivity contribution in [3.05, 3.63) is 64.3 Å². The molecule has 0 unspecified atom stereocenters. The van der Waals surface area contributed by atoms with Crippen LogP contribution in [0.3, 0.4) is 0 Å². The van der Waals surface area contributed by atoms with E-state index in [1.807, 2.05) is 24.3 Å². The molecule has 0 spiro atoms. The molecule has 1 aromatic heterocycles. The molecule has 0 bridgehead atoms. The van der Waals surface area contributed by atoms with Gasteiger partial charge in [-0.25, -0.2) is 0 Å². The third kappa shape index (κ3) is 2.39. The molecule has 0 aliphatic rings. The Bertz CT molecular complexity index is 759. The number of H-pyrrole nitrogens is 1. The van der Waals surface area contributed by atoms with Gasteiger partial charge in [-0.3, -0.25) is 0 Å². The van der Waals surface area contributed by atoms with Crippen molar-refractivity contribution < 1.29 is 0 Å². The van der Waals surface area contributed by atoms with Gasteiger partial charge in [0.05, 0.1) is 17.3 Å². The summed E-state index contributed by atoms with van der Waals surface area (Å²) in [6, 6.07) is 14.5. The van der Waals surface area contributed by atoms with E-state index in [2.05, 4.69) is 42.3 Å². The van der Waals surface area contributed by atoms with Crippen molar-refractivity contribution >= 4 is 28.2 Å². The third-order valence-electron chi connectivity index (χ3n) is 3.69. The van der Waals surface area contributed by atoms with Gasteiger partial charge in [-0.2, -0.15) is 0 Å². The molecule has 3 rings (SSSR count). The van der Waals surface area contributed by atoms with Gasteiger partial charge in [0, 0.05) is 16.6 Å². The average Bonchev–Trinajstić information content (AvgIpc) is 2.77. The van der Waals surface area contributed by atoms with E-state index in [4.69, 9.17) is 11.6 Å². The molecule has 3 aromatic rings. The maximum atomic E-state index is 6.41. The van der Waals surface area contributed by atoms with Crippen molar-refractivity contribution in [3.8, 4) is 0 Å². The second kappa shape index (κ2) is 5.22. The Morgan fingerprint density at radius 2 is 1.85 bits per heavy atom. The summed E-state index contributed by atoms with van der Waals surface area (Å²) in [5.41, 5.74) is 5.81. The summed E-state index contributed by atoms with van der Waals surface area (Å²) in [5, 5.41) is 5.29. The first-order valence-corrected chi connectivity index (χ1v) is 7.09. The lowest BCUT2D eigenvalue weighted by Gasteiger charge is -2.08. The number of halogens is 1. The van der Waals surface area contributed by atoms with Crippen LogP contribution in [-0.2, 0) is 6.54 Å². The van der Waals surface area contributed by atoms with Crippen molar-refractivity contribution in [2.45, 2.75) is 20.4 Å². The highest BCUT2D eigenvalue weighted by Crippen LogP contribution is 2.27. The molecule has 0 saturated carbocycles. The number of hydrogen-bond acceptors (Lipinski definition) is 1. The first-order valence-electron chi connectivity index (χ1n) is 6.71. The standard InChI is InChI=1S/C17H17ClN2/c1-11-7-8-13(9-12(11)2)19-10-16-17(18)14-5-3-4-6-15(14)20-16/h3-9,19-20H,10H2,1-2H3. The number of aromatic nitrogens is 1. The van der Waals surface area contributed by atoms with E-state index in [-0.39, 0.29) is 0 Å². The highest BCUT2D eigenvalue weighted by Gasteiger charge is 2.08. The van der Waals surface area contributed by atoms with Gasteiger partial charge in [0.25, 0.3) is 0 Å². The number of benzene rings is 2. The molecular formula is C17H17ClN2. The van der Waals surface area contributed by atoms with Crippen LogP contribution >= 0.6 is 11.6 Å². The van der Waals surface area contributed by atoms with E-state index in [0.29, 0.717) is 6.54 Å². The van der Waals surface area contributed by atoms with Gasteiger partial charge in [0.2, 0.25) is 0 Å². The second-order valence-electron chi connectivity index (χ2n) is 5.12. The fraction of sp³-hybridized carbons (Fsp3) is 0.176. The molecule has 0 fully saturated rings. The molecule has 20 heavy (non-hydrogen) atoms. The van der Waals surface area contributed by atoms with Crippen LogP contribution in [0, 0.1) is 13.8 Å². The van der Waals surface area contributed by atoms with E-state index in [1.165, 1.54) is 11.1 Å². The van der Waals surface area contributed by atoms with E-state index in [0.717, 1.165) is 27.3 Å². The van der Waals surface area contributed by atoms with Crippen molar-refractivity contribution in [2.24, 2.45) is 0 Å². The summed E-state index contributed by atoms with van der Waals surface area (Å²) >= 11 is 6.41. The zero-order valence-corrected chi connectivity index (χ0v) is 12.4. The molecule has 0 saturated heterocycles. The van der Waals surface area contributed by atoms with Gasteiger partial charge in [-0.15, -0.1) is 0 Å². The molecular weight excluding hydrogens is 268 g/mol. The van der Waals surface area contributed by atoms with Crippen molar-refractivity contribution in [1.82, 2.24) is 4.98 Å². The van der Waals surface area contributed by atoms with Gasteiger partial charge >= 0.3 is 0 Å². The highest BCUT2D eigenvalue weighted by molar-refractivity contribution is 6.36. The number of hydrogen-bond donors (Lipinski definition) is 2. The van der Waals surface area contributed by atoms with E-state index in [1.54, 1.807) is 0 Å². The summed E-state index contributed by atoms with van der Waals surface area (Å²) in [4.78, 5) is 3.37. The molecule has 0 aliphatic heterocycles. The summed E-state index contributed by atoms with van der Waals surface area (Å²) < 4.78 is 0. The second-order valence-corrected chi connectivity index (χ2v) is 5.49. The monoisotopic (exact) mass is 284 g/mol. The molecule has 0 amide bonds. The van der Waals surface area contributed by atoms with Crippen LogP contribution in [0.5, 0.6) is 0 Å². The van der Waals surface area contributed by atoms with Gasteiger partial charge in [0.1, 0.15) is 0 Å². The Labute approximate surface area is 123 Å². The number of fused-ring (bicyclic) bond motifs is 1. The maximum Gasteiger partial charge on any atom is 0.0710 e. The zero-order chi connectivity index (χ0) is 14.1. The summed E-state index contributed by atoms with van der Waals surface area (Å²) in [5.74, 6) is 0. The summed E-state index contributed by atoms with van der Waals surface area (Å²) in [7, 11) is 0. The molecule has 2 N–H and O–H groups in total. The number of rotatable bonds is 3. The number of aromatic amines is 1. The average molecular weight is 285 g/mol. The van der Waals surface area contributed by atoms with Crippen molar-refractivity contribution in [2.75, 3.05) is 5.32 Å². The Morgan fingerprint density at radius 1 is 1.05 bits per heavy atom. The van der Waals surface area contributed by atoms with Gasteiger partial charge in [-0.1, -0.05) is 35.9 Å². The minimum atomic E-state index is 0.690. The smallest absolute Gasteiger partial charge is 0.0710 e.